The lowest BCUT2D eigenvalue weighted by atomic mass is 10.0. The van der Waals surface area contributed by atoms with Gasteiger partial charge in [-0.2, -0.15) is 0 Å². The van der Waals surface area contributed by atoms with Crippen LogP contribution in [0.15, 0.2) is 78.0 Å². The predicted molar refractivity (Wildman–Crippen MR) is 108 cm³/mol. The molecule has 0 saturated heterocycles. The number of para-hydroxylation sites is 1. The molecule has 130 valence electrons. The Morgan fingerprint density at radius 3 is 2.85 bits per heavy atom. The van der Waals surface area contributed by atoms with Crippen LogP contribution in [0.2, 0.25) is 0 Å². The van der Waals surface area contributed by atoms with Crippen LogP contribution >= 0.6 is 0 Å². The summed E-state index contributed by atoms with van der Waals surface area (Å²) in [5.41, 5.74) is 6.27. The third kappa shape index (κ3) is 2.85. The van der Waals surface area contributed by atoms with Crippen LogP contribution in [-0.2, 0) is 13.0 Å². The Bertz CT molecular complexity index is 1250. The zero-order chi connectivity index (χ0) is 18.2. The largest absolute Gasteiger partial charge is 0.294 e. The molecule has 2 heterocycles. The van der Waals surface area contributed by atoms with Gasteiger partial charge in [0.05, 0.1) is 29.5 Å². The van der Waals surface area contributed by atoms with Crippen LogP contribution in [0.5, 0.6) is 0 Å². The number of nitrogens with zero attached hydrogens (tertiary/aromatic N) is 3. The van der Waals surface area contributed by atoms with E-state index in [-0.39, 0.29) is 5.56 Å². The van der Waals surface area contributed by atoms with E-state index in [1.54, 1.807) is 10.9 Å². The summed E-state index contributed by atoms with van der Waals surface area (Å²) in [5.74, 6) is 0. The lowest BCUT2D eigenvalue weighted by Gasteiger charge is -2.09. The summed E-state index contributed by atoms with van der Waals surface area (Å²) in [4.78, 5) is 21.7. The summed E-state index contributed by atoms with van der Waals surface area (Å²) < 4.78 is 1.66. The SMILES string of the molecule is O=c1c2ccccc2ncn1Cc1cccc(-c2cnc3c(c2)C=CC3)c1. The van der Waals surface area contributed by atoms with Crippen LogP contribution in [0.3, 0.4) is 0 Å². The van der Waals surface area contributed by atoms with E-state index in [0.29, 0.717) is 11.9 Å². The van der Waals surface area contributed by atoms with Gasteiger partial charge in [0.15, 0.2) is 0 Å². The first-order valence-electron chi connectivity index (χ1n) is 8.97. The van der Waals surface area contributed by atoms with Gasteiger partial charge in [0.1, 0.15) is 0 Å². The molecule has 4 nitrogen and oxygen atoms in total. The van der Waals surface area contributed by atoms with Crippen LogP contribution in [0.25, 0.3) is 28.1 Å². The minimum Gasteiger partial charge on any atom is -0.294 e. The van der Waals surface area contributed by atoms with Gasteiger partial charge >= 0.3 is 0 Å². The maximum Gasteiger partial charge on any atom is 0.261 e. The Kier molecular flexibility index (Phi) is 3.68. The van der Waals surface area contributed by atoms with Crippen molar-refractivity contribution in [1.82, 2.24) is 14.5 Å². The van der Waals surface area contributed by atoms with Gasteiger partial charge in [-0.3, -0.25) is 14.3 Å². The van der Waals surface area contributed by atoms with E-state index in [2.05, 4.69) is 40.3 Å². The van der Waals surface area contributed by atoms with Crippen molar-refractivity contribution in [3.05, 3.63) is 100 Å². The number of rotatable bonds is 3. The average molecular weight is 351 g/mol. The van der Waals surface area contributed by atoms with E-state index in [1.807, 2.05) is 42.6 Å². The third-order valence-corrected chi connectivity index (χ3v) is 4.96. The van der Waals surface area contributed by atoms with Crippen LogP contribution in [0, 0.1) is 0 Å². The maximum absolute atomic E-state index is 12.7. The Balaban J connectivity index is 1.50. The first-order valence-corrected chi connectivity index (χ1v) is 8.97. The standard InChI is InChI=1S/C23H17N3O/c27-23-20-8-1-2-9-22(20)25-15-26(23)14-16-5-3-6-17(11-16)19-12-18-7-4-10-21(18)24-13-19/h1-9,11-13,15H,10,14H2. The number of allylic oxidation sites excluding steroid dienone is 1. The Hall–Kier alpha value is -3.53. The van der Waals surface area contributed by atoms with Crippen molar-refractivity contribution in [2.75, 3.05) is 0 Å². The van der Waals surface area contributed by atoms with Crippen LogP contribution in [0.4, 0.5) is 0 Å². The van der Waals surface area contributed by atoms with E-state index < -0.39 is 0 Å². The Labute approximate surface area is 156 Å². The average Bonchev–Trinajstić information content (AvgIpc) is 3.18. The van der Waals surface area contributed by atoms with Gasteiger partial charge in [-0.1, -0.05) is 42.5 Å². The molecule has 0 aliphatic heterocycles. The second-order valence-electron chi connectivity index (χ2n) is 6.76. The van der Waals surface area contributed by atoms with Crippen molar-refractivity contribution in [2.45, 2.75) is 13.0 Å². The minimum absolute atomic E-state index is 0.0182. The van der Waals surface area contributed by atoms with E-state index in [0.717, 1.165) is 34.3 Å². The van der Waals surface area contributed by atoms with Crippen molar-refractivity contribution < 1.29 is 0 Å². The molecule has 2 aromatic carbocycles. The van der Waals surface area contributed by atoms with Gasteiger partial charge in [-0.25, -0.2) is 4.98 Å². The molecule has 0 saturated carbocycles. The zero-order valence-electron chi connectivity index (χ0n) is 14.7. The van der Waals surface area contributed by atoms with Gasteiger partial charge in [-0.15, -0.1) is 0 Å². The third-order valence-electron chi connectivity index (χ3n) is 4.96. The first kappa shape index (κ1) is 15.7. The lowest BCUT2D eigenvalue weighted by molar-refractivity contribution is 0.748. The predicted octanol–water partition coefficient (Wildman–Crippen LogP) is 4.08. The topological polar surface area (TPSA) is 47.8 Å². The van der Waals surface area contributed by atoms with Crippen LogP contribution < -0.4 is 5.56 Å². The number of benzene rings is 2. The lowest BCUT2D eigenvalue weighted by Crippen LogP contribution is -2.21. The highest BCUT2D eigenvalue weighted by Crippen LogP contribution is 2.25. The first-order chi connectivity index (χ1) is 13.3. The number of fused-ring (bicyclic) bond motifs is 2. The molecule has 4 aromatic rings. The molecule has 1 aliphatic rings. The second-order valence-corrected chi connectivity index (χ2v) is 6.76. The van der Waals surface area contributed by atoms with E-state index in [1.165, 1.54) is 5.56 Å². The van der Waals surface area contributed by atoms with Gasteiger partial charge < -0.3 is 0 Å². The van der Waals surface area contributed by atoms with Crippen LogP contribution in [0.1, 0.15) is 16.8 Å². The van der Waals surface area contributed by atoms with Crippen molar-refractivity contribution in [3.8, 4) is 11.1 Å². The fourth-order valence-corrected chi connectivity index (χ4v) is 3.55. The zero-order valence-corrected chi connectivity index (χ0v) is 14.7. The Morgan fingerprint density at radius 2 is 1.89 bits per heavy atom. The molecule has 0 spiro atoms. The van der Waals surface area contributed by atoms with Gasteiger partial charge in [0.25, 0.3) is 5.56 Å². The van der Waals surface area contributed by atoms with Gasteiger partial charge in [0.2, 0.25) is 0 Å². The molecule has 5 rings (SSSR count). The van der Waals surface area contributed by atoms with Gasteiger partial charge in [0, 0.05) is 18.2 Å². The Morgan fingerprint density at radius 1 is 0.963 bits per heavy atom. The summed E-state index contributed by atoms with van der Waals surface area (Å²) in [6.45, 7) is 0.489. The summed E-state index contributed by atoms with van der Waals surface area (Å²) in [5, 5.41) is 0.644. The highest BCUT2D eigenvalue weighted by Gasteiger charge is 2.09. The molecule has 0 fully saturated rings. The fraction of sp³-hybridized carbons (Fsp3) is 0.0870. The quantitative estimate of drug-likeness (QED) is 0.559. The summed E-state index contributed by atoms with van der Waals surface area (Å²) in [6.07, 6.45) is 8.72. The molecule has 0 atom stereocenters. The maximum atomic E-state index is 12.7. The molecule has 1 aliphatic carbocycles. The molecule has 4 heteroatoms. The fourth-order valence-electron chi connectivity index (χ4n) is 3.55. The number of aromatic nitrogens is 3. The van der Waals surface area contributed by atoms with E-state index >= 15 is 0 Å². The van der Waals surface area contributed by atoms with Crippen molar-refractivity contribution in [2.24, 2.45) is 0 Å². The van der Waals surface area contributed by atoms with E-state index in [4.69, 9.17) is 0 Å². The monoisotopic (exact) mass is 351 g/mol. The van der Waals surface area contributed by atoms with Crippen LogP contribution in [-0.4, -0.2) is 14.5 Å². The van der Waals surface area contributed by atoms with Crippen molar-refractivity contribution in [3.63, 3.8) is 0 Å². The van der Waals surface area contributed by atoms with E-state index in [9.17, 15) is 4.79 Å². The highest BCUT2D eigenvalue weighted by molar-refractivity contribution is 5.77. The number of hydrogen-bond acceptors (Lipinski definition) is 3. The molecule has 27 heavy (non-hydrogen) atoms. The van der Waals surface area contributed by atoms with Crippen molar-refractivity contribution in [1.29, 1.82) is 0 Å². The minimum atomic E-state index is -0.0182. The molecular weight excluding hydrogens is 334 g/mol. The number of pyridine rings is 1. The summed E-state index contributed by atoms with van der Waals surface area (Å²) in [6, 6.07) is 17.9. The van der Waals surface area contributed by atoms with Crippen molar-refractivity contribution >= 4 is 17.0 Å². The van der Waals surface area contributed by atoms with Gasteiger partial charge in [-0.05, 0) is 41.0 Å². The molecule has 0 radical (unpaired) electrons. The smallest absolute Gasteiger partial charge is 0.261 e. The summed E-state index contributed by atoms with van der Waals surface area (Å²) >= 11 is 0. The molecule has 0 N–H and O–H groups in total. The molecule has 0 unspecified atom stereocenters. The molecular formula is C23H17N3O. The molecule has 0 amide bonds. The second kappa shape index (κ2) is 6.32. The summed E-state index contributed by atoms with van der Waals surface area (Å²) in [7, 11) is 0. The molecule has 2 aromatic heterocycles. The number of hydrogen-bond donors (Lipinski definition) is 0. The molecule has 0 bridgehead atoms. The highest BCUT2D eigenvalue weighted by atomic mass is 16.1. The normalized spacial score (nSPS) is 12.4.